The van der Waals surface area contributed by atoms with E-state index in [0.717, 1.165) is 11.4 Å². The highest BCUT2D eigenvalue weighted by Gasteiger charge is 2.33. The van der Waals surface area contributed by atoms with E-state index in [9.17, 15) is 18.0 Å². The van der Waals surface area contributed by atoms with Gasteiger partial charge in [-0.15, -0.1) is 0 Å². The number of carbonyl (C=O) groups is 2. The van der Waals surface area contributed by atoms with Gasteiger partial charge in [-0.1, -0.05) is 36.4 Å². The third-order valence-corrected chi connectivity index (χ3v) is 8.09. The number of rotatable bonds is 4. The summed E-state index contributed by atoms with van der Waals surface area (Å²) in [5.41, 5.74) is 1.94. The molecule has 1 saturated heterocycles. The van der Waals surface area contributed by atoms with Gasteiger partial charge in [0, 0.05) is 48.4 Å². The molecule has 1 aliphatic carbocycles. The summed E-state index contributed by atoms with van der Waals surface area (Å²) in [5.74, 6) is 0.139. The number of para-hydroxylation sites is 2. The summed E-state index contributed by atoms with van der Waals surface area (Å²) in [6.07, 6.45) is 0. The van der Waals surface area contributed by atoms with Crippen LogP contribution in [-0.4, -0.2) is 57.6 Å². The van der Waals surface area contributed by atoms with Crippen molar-refractivity contribution in [1.29, 1.82) is 0 Å². The maximum Gasteiger partial charge on any atom is 0.243 e. The minimum absolute atomic E-state index is 0.0209. The van der Waals surface area contributed by atoms with Crippen LogP contribution in [0.4, 0.5) is 5.69 Å². The zero-order chi connectivity index (χ0) is 23.2. The van der Waals surface area contributed by atoms with Crippen LogP contribution in [0.1, 0.15) is 31.8 Å². The Hall–Kier alpha value is -3.49. The van der Waals surface area contributed by atoms with Gasteiger partial charge >= 0.3 is 0 Å². The molecule has 168 valence electrons. The van der Waals surface area contributed by atoms with E-state index in [4.69, 9.17) is 4.74 Å². The second-order valence-electron chi connectivity index (χ2n) is 7.97. The summed E-state index contributed by atoms with van der Waals surface area (Å²) in [6, 6.07) is 18.5. The Balaban J connectivity index is 1.40. The number of hydrogen-bond acceptors (Lipinski definition) is 6. The first-order chi connectivity index (χ1) is 15.9. The van der Waals surface area contributed by atoms with Gasteiger partial charge < -0.3 is 9.64 Å². The molecule has 1 fully saturated rings. The highest BCUT2D eigenvalue weighted by Crippen LogP contribution is 2.32. The van der Waals surface area contributed by atoms with E-state index >= 15 is 0 Å². The number of ether oxygens (including phenoxy) is 1. The minimum Gasteiger partial charge on any atom is -0.495 e. The second kappa shape index (κ2) is 8.13. The Bertz CT molecular complexity index is 1380. The average molecular weight is 463 g/mol. The van der Waals surface area contributed by atoms with Gasteiger partial charge in [0.2, 0.25) is 10.0 Å². The summed E-state index contributed by atoms with van der Waals surface area (Å²) in [5, 5.41) is 0. The van der Waals surface area contributed by atoms with E-state index in [1.54, 1.807) is 31.4 Å². The molecule has 33 heavy (non-hydrogen) atoms. The number of benzene rings is 3. The second-order valence-corrected chi connectivity index (χ2v) is 9.91. The molecule has 1 aliphatic heterocycles. The van der Waals surface area contributed by atoms with Crippen LogP contribution in [0.5, 0.6) is 5.75 Å². The van der Waals surface area contributed by atoms with Crippen LogP contribution in [0.15, 0.2) is 71.6 Å². The van der Waals surface area contributed by atoms with Gasteiger partial charge in [0.05, 0.1) is 17.7 Å². The summed E-state index contributed by atoms with van der Waals surface area (Å²) < 4.78 is 33.6. The summed E-state index contributed by atoms with van der Waals surface area (Å²) in [6.45, 7) is 1.62. The van der Waals surface area contributed by atoms with Crippen molar-refractivity contribution in [2.75, 3.05) is 38.2 Å². The van der Waals surface area contributed by atoms with Crippen molar-refractivity contribution in [3.63, 3.8) is 0 Å². The van der Waals surface area contributed by atoms with Crippen LogP contribution in [0.2, 0.25) is 0 Å². The van der Waals surface area contributed by atoms with Gasteiger partial charge in [-0.2, -0.15) is 4.31 Å². The summed E-state index contributed by atoms with van der Waals surface area (Å²) >= 11 is 0. The quantitative estimate of drug-likeness (QED) is 0.464. The molecular weight excluding hydrogens is 440 g/mol. The normalized spacial score (nSPS) is 16.3. The Kier molecular flexibility index (Phi) is 5.26. The molecule has 8 heteroatoms. The predicted octanol–water partition coefficient (Wildman–Crippen LogP) is 2.98. The molecule has 0 spiro atoms. The zero-order valence-corrected chi connectivity index (χ0v) is 18.8. The number of carbonyl (C=O) groups excluding carboxylic acids is 2. The molecule has 0 radical (unpaired) electrons. The van der Waals surface area contributed by atoms with Gasteiger partial charge in [0.1, 0.15) is 5.75 Å². The monoisotopic (exact) mass is 462 g/mol. The molecule has 2 aliphatic rings. The zero-order valence-electron chi connectivity index (χ0n) is 18.0. The van der Waals surface area contributed by atoms with E-state index < -0.39 is 10.0 Å². The van der Waals surface area contributed by atoms with E-state index in [1.807, 2.05) is 24.3 Å². The smallest absolute Gasteiger partial charge is 0.243 e. The van der Waals surface area contributed by atoms with Crippen molar-refractivity contribution in [3.05, 3.63) is 89.0 Å². The van der Waals surface area contributed by atoms with Crippen molar-refractivity contribution in [3.8, 4) is 5.75 Å². The summed E-state index contributed by atoms with van der Waals surface area (Å²) in [7, 11) is -2.21. The first-order valence-electron chi connectivity index (χ1n) is 10.6. The Labute approximate surface area is 192 Å². The number of anilines is 1. The van der Waals surface area contributed by atoms with Crippen LogP contribution in [0.25, 0.3) is 0 Å². The average Bonchev–Trinajstić information content (AvgIpc) is 2.87. The molecule has 0 bridgehead atoms. The SMILES string of the molecule is COc1ccccc1N1CCN(S(=O)(=O)c2ccc3c(c2)C(=O)c2ccccc2C3=O)CC1. The molecule has 0 amide bonds. The van der Waals surface area contributed by atoms with E-state index in [2.05, 4.69) is 4.90 Å². The van der Waals surface area contributed by atoms with Crippen molar-refractivity contribution in [1.82, 2.24) is 4.31 Å². The topological polar surface area (TPSA) is 84.0 Å². The number of nitrogens with zero attached hydrogens (tertiary/aromatic N) is 2. The van der Waals surface area contributed by atoms with Crippen molar-refractivity contribution < 1.29 is 22.7 Å². The first-order valence-corrected chi connectivity index (χ1v) is 12.1. The fraction of sp³-hybridized carbons (Fsp3) is 0.200. The van der Waals surface area contributed by atoms with Crippen LogP contribution in [-0.2, 0) is 10.0 Å². The van der Waals surface area contributed by atoms with Gasteiger partial charge in [0.25, 0.3) is 0 Å². The van der Waals surface area contributed by atoms with Gasteiger partial charge in [0.15, 0.2) is 11.6 Å². The first kappa shape index (κ1) is 21.4. The third kappa shape index (κ3) is 3.51. The largest absolute Gasteiger partial charge is 0.495 e. The Morgan fingerprint density at radius 2 is 1.30 bits per heavy atom. The van der Waals surface area contributed by atoms with Gasteiger partial charge in [-0.3, -0.25) is 9.59 Å². The molecule has 1 heterocycles. The highest BCUT2D eigenvalue weighted by atomic mass is 32.2. The molecule has 3 aromatic carbocycles. The number of ketones is 2. The number of piperazine rings is 1. The van der Waals surface area contributed by atoms with Gasteiger partial charge in [-0.05, 0) is 30.3 Å². The molecular formula is C25H22N2O5S. The lowest BCUT2D eigenvalue weighted by Crippen LogP contribution is -2.48. The maximum atomic E-state index is 13.4. The van der Waals surface area contributed by atoms with Crippen LogP contribution in [0.3, 0.4) is 0 Å². The number of hydrogen-bond donors (Lipinski definition) is 0. The van der Waals surface area contributed by atoms with Crippen LogP contribution in [0, 0.1) is 0 Å². The standard InChI is InChI=1S/C25H22N2O5S/c1-32-23-9-5-4-8-22(23)26-12-14-27(15-13-26)33(30,31)17-10-11-20-21(16-17)25(29)19-7-3-2-6-18(19)24(20)28/h2-11,16H,12-15H2,1H3. The lowest BCUT2D eigenvalue weighted by atomic mass is 9.84. The van der Waals surface area contributed by atoms with E-state index in [-0.39, 0.29) is 27.6 Å². The van der Waals surface area contributed by atoms with Crippen LogP contribution < -0.4 is 9.64 Å². The maximum absolute atomic E-state index is 13.4. The van der Waals surface area contributed by atoms with Crippen LogP contribution >= 0.6 is 0 Å². The Morgan fingerprint density at radius 1 is 0.727 bits per heavy atom. The lowest BCUT2D eigenvalue weighted by molar-refractivity contribution is 0.0979. The van der Waals surface area contributed by atoms with E-state index in [1.165, 1.54) is 22.5 Å². The predicted molar refractivity (Wildman–Crippen MR) is 124 cm³/mol. The molecule has 5 rings (SSSR count). The molecule has 7 nitrogen and oxygen atoms in total. The molecule has 0 N–H and O–H groups in total. The fourth-order valence-corrected chi connectivity index (χ4v) is 5.90. The van der Waals surface area contributed by atoms with Crippen molar-refractivity contribution in [2.24, 2.45) is 0 Å². The number of fused-ring (bicyclic) bond motifs is 2. The molecule has 0 unspecified atom stereocenters. The molecule has 0 aromatic heterocycles. The highest BCUT2D eigenvalue weighted by molar-refractivity contribution is 7.89. The molecule has 0 saturated carbocycles. The van der Waals surface area contributed by atoms with Crippen molar-refractivity contribution >= 4 is 27.3 Å². The van der Waals surface area contributed by atoms with E-state index in [0.29, 0.717) is 37.3 Å². The molecule has 0 atom stereocenters. The lowest BCUT2D eigenvalue weighted by Gasteiger charge is -2.36. The fourth-order valence-electron chi connectivity index (χ4n) is 4.45. The number of methoxy groups -OCH3 is 1. The molecule has 3 aromatic rings. The summed E-state index contributed by atoms with van der Waals surface area (Å²) in [4.78, 5) is 27.9. The van der Waals surface area contributed by atoms with Crippen molar-refractivity contribution in [2.45, 2.75) is 4.90 Å². The number of sulfonamides is 1. The third-order valence-electron chi connectivity index (χ3n) is 6.20. The van der Waals surface area contributed by atoms with Gasteiger partial charge in [-0.25, -0.2) is 8.42 Å². The Morgan fingerprint density at radius 3 is 1.97 bits per heavy atom. The minimum atomic E-state index is -3.82.